The Morgan fingerprint density at radius 3 is 2.23 bits per heavy atom. The van der Waals surface area contributed by atoms with Gasteiger partial charge >= 0.3 is 0 Å². The maximum atomic E-state index is 12.4. The normalized spacial score (nSPS) is 17.5. The smallest absolute Gasteiger partial charge is 0.241 e. The molecule has 1 saturated heterocycles. The number of carbonyl (C=O) groups is 1. The lowest BCUT2D eigenvalue weighted by Crippen LogP contribution is -2.53. The molecule has 0 aliphatic carbocycles. The third-order valence-electron chi connectivity index (χ3n) is 4.32. The number of anilines is 1. The second kappa shape index (κ2) is 6.75. The predicted octanol–water partition coefficient (Wildman–Crippen LogP) is 2.97. The fraction of sp³-hybridized carbons (Fsp3) is 0.316. The van der Waals surface area contributed by atoms with Gasteiger partial charge in [0.25, 0.3) is 0 Å². The summed E-state index contributed by atoms with van der Waals surface area (Å²) in [7, 11) is 0. The van der Waals surface area contributed by atoms with Gasteiger partial charge < -0.3 is 4.90 Å². The lowest BCUT2D eigenvalue weighted by molar-refractivity contribution is -0.121. The van der Waals surface area contributed by atoms with Crippen molar-refractivity contribution in [3.8, 4) is 0 Å². The molecule has 2 aromatic rings. The molecule has 1 aliphatic heterocycles. The average molecular weight is 294 g/mol. The van der Waals surface area contributed by atoms with Crippen LogP contribution in [-0.2, 0) is 11.2 Å². The van der Waals surface area contributed by atoms with Crippen LogP contribution in [0.15, 0.2) is 60.7 Å². The molecule has 3 nitrogen and oxygen atoms in total. The molecular formula is C19H22N2O. The fourth-order valence-electron chi connectivity index (χ4n) is 3.03. The molecule has 0 spiro atoms. The van der Waals surface area contributed by atoms with E-state index in [1.54, 1.807) is 0 Å². The van der Waals surface area contributed by atoms with Gasteiger partial charge in [0.05, 0.1) is 6.54 Å². The molecule has 0 aromatic heterocycles. The van der Waals surface area contributed by atoms with Crippen molar-refractivity contribution >= 4 is 11.6 Å². The van der Waals surface area contributed by atoms with Crippen molar-refractivity contribution in [1.82, 2.24) is 4.90 Å². The van der Waals surface area contributed by atoms with Gasteiger partial charge in [-0.05, 0) is 31.0 Å². The minimum Gasteiger partial charge on any atom is -0.310 e. The first kappa shape index (κ1) is 14.8. The molecule has 0 saturated carbocycles. The molecule has 0 N–H and O–H groups in total. The summed E-state index contributed by atoms with van der Waals surface area (Å²) < 4.78 is 0. The van der Waals surface area contributed by atoms with E-state index in [4.69, 9.17) is 0 Å². The van der Waals surface area contributed by atoms with Gasteiger partial charge in [0, 0.05) is 24.8 Å². The van der Waals surface area contributed by atoms with Crippen molar-refractivity contribution in [3.63, 3.8) is 0 Å². The number of para-hydroxylation sites is 1. The standard InChI is InChI=1S/C19H22N2O/c1-16(14-17-8-4-2-5-9-17)20-12-13-21(19(22)15-20)18-10-6-3-7-11-18/h2-11,16H,12-15H2,1H3/t16-/m0/s1. The van der Waals surface area contributed by atoms with Crippen molar-refractivity contribution in [1.29, 1.82) is 0 Å². The van der Waals surface area contributed by atoms with Crippen LogP contribution in [0.4, 0.5) is 5.69 Å². The van der Waals surface area contributed by atoms with Crippen LogP contribution < -0.4 is 4.90 Å². The van der Waals surface area contributed by atoms with Crippen LogP contribution in [0.5, 0.6) is 0 Å². The number of hydrogen-bond acceptors (Lipinski definition) is 2. The summed E-state index contributed by atoms with van der Waals surface area (Å²) in [5, 5.41) is 0. The summed E-state index contributed by atoms with van der Waals surface area (Å²) in [6, 6.07) is 20.8. The zero-order valence-corrected chi connectivity index (χ0v) is 13.0. The minimum atomic E-state index is 0.192. The van der Waals surface area contributed by atoms with Gasteiger partial charge in [-0.3, -0.25) is 9.69 Å². The number of amides is 1. The number of rotatable bonds is 4. The first-order chi connectivity index (χ1) is 10.7. The Morgan fingerprint density at radius 1 is 0.955 bits per heavy atom. The second-order valence-electron chi connectivity index (χ2n) is 5.89. The SMILES string of the molecule is C[C@@H](Cc1ccccc1)N1CCN(c2ccccc2)C(=O)C1. The third-order valence-corrected chi connectivity index (χ3v) is 4.32. The maximum Gasteiger partial charge on any atom is 0.241 e. The van der Waals surface area contributed by atoms with E-state index < -0.39 is 0 Å². The first-order valence-electron chi connectivity index (χ1n) is 7.87. The summed E-state index contributed by atoms with van der Waals surface area (Å²) in [6.45, 7) is 4.40. The van der Waals surface area contributed by atoms with Gasteiger partial charge in [0.1, 0.15) is 0 Å². The number of nitrogens with zero attached hydrogens (tertiary/aromatic N) is 2. The summed E-state index contributed by atoms with van der Waals surface area (Å²) in [5.74, 6) is 0.192. The monoisotopic (exact) mass is 294 g/mol. The Bertz CT molecular complexity index is 612. The van der Waals surface area contributed by atoms with Gasteiger partial charge in [0.15, 0.2) is 0 Å². The van der Waals surface area contributed by atoms with Crippen molar-refractivity contribution in [3.05, 3.63) is 66.2 Å². The summed E-state index contributed by atoms with van der Waals surface area (Å²) in [6.07, 6.45) is 0.986. The first-order valence-corrected chi connectivity index (χ1v) is 7.87. The predicted molar refractivity (Wildman–Crippen MR) is 90.0 cm³/mol. The van der Waals surface area contributed by atoms with Crippen LogP contribution in [0, 0.1) is 0 Å². The minimum absolute atomic E-state index is 0.192. The highest BCUT2D eigenvalue weighted by molar-refractivity contribution is 5.95. The molecule has 0 unspecified atom stereocenters. The van der Waals surface area contributed by atoms with Gasteiger partial charge in [-0.15, -0.1) is 0 Å². The Kier molecular flexibility index (Phi) is 4.54. The Hall–Kier alpha value is -2.13. The molecule has 1 amide bonds. The molecular weight excluding hydrogens is 272 g/mol. The van der Waals surface area contributed by atoms with Crippen LogP contribution in [-0.4, -0.2) is 36.5 Å². The number of carbonyl (C=O) groups excluding carboxylic acids is 1. The summed E-state index contributed by atoms with van der Waals surface area (Å²) in [5.41, 5.74) is 2.33. The van der Waals surface area contributed by atoms with E-state index in [2.05, 4.69) is 36.1 Å². The molecule has 22 heavy (non-hydrogen) atoms. The molecule has 114 valence electrons. The fourth-order valence-corrected chi connectivity index (χ4v) is 3.03. The highest BCUT2D eigenvalue weighted by atomic mass is 16.2. The Balaban J connectivity index is 1.61. The molecule has 1 aliphatic rings. The largest absolute Gasteiger partial charge is 0.310 e. The van der Waals surface area contributed by atoms with Crippen molar-refractivity contribution in [2.45, 2.75) is 19.4 Å². The van der Waals surface area contributed by atoms with Crippen LogP contribution in [0.2, 0.25) is 0 Å². The van der Waals surface area contributed by atoms with E-state index in [9.17, 15) is 4.79 Å². The van der Waals surface area contributed by atoms with Crippen molar-refractivity contribution < 1.29 is 4.79 Å². The topological polar surface area (TPSA) is 23.6 Å². The Labute approximate surface area is 132 Å². The molecule has 3 heteroatoms. The second-order valence-corrected chi connectivity index (χ2v) is 5.89. The van der Waals surface area contributed by atoms with E-state index in [1.807, 2.05) is 41.3 Å². The number of benzene rings is 2. The third kappa shape index (κ3) is 3.37. The zero-order chi connectivity index (χ0) is 15.4. The van der Waals surface area contributed by atoms with Crippen molar-refractivity contribution in [2.75, 3.05) is 24.5 Å². The quantitative estimate of drug-likeness (QED) is 0.865. The number of piperazine rings is 1. The molecule has 2 aromatic carbocycles. The molecule has 0 radical (unpaired) electrons. The molecule has 1 fully saturated rings. The summed E-state index contributed by atoms with van der Waals surface area (Å²) in [4.78, 5) is 16.6. The highest BCUT2D eigenvalue weighted by Gasteiger charge is 2.27. The van der Waals surface area contributed by atoms with Crippen LogP contribution in [0.3, 0.4) is 0 Å². The van der Waals surface area contributed by atoms with Gasteiger partial charge in [-0.1, -0.05) is 48.5 Å². The van der Waals surface area contributed by atoms with Gasteiger partial charge in [-0.25, -0.2) is 0 Å². The van der Waals surface area contributed by atoms with Crippen molar-refractivity contribution in [2.24, 2.45) is 0 Å². The van der Waals surface area contributed by atoms with Crippen LogP contribution >= 0.6 is 0 Å². The highest BCUT2D eigenvalue weighted by Crippen LogP contribution is 2.18. The van der Waals surface area contributed by atoms with Crippen LogP contribution in [0.25, 0.3) is 0 Å². The molecule has 0 bridgehead atoms. The van der Waals surface area contributed by atoms with Crippen LogP contribution in [0.1, 0.15) is 12.5 Å². The molecule has 3 rings (SSSR count). The molecule has 1 atom stereocenters. The number of hydrogen-bond donors (Lipinski definition) is 0. The van der Waals surface area contributed by atoms with E-state index in [0.717, 1.165) is 25.2 Å². The average Bonchev–Trinajstić information content (AvgIpc) is 2.56. The Morgan fingerprint density at radius 2 is 1.59 bits per heavy atom. The zero-order valence-electron chi connectivity index (χ0n) is 13.0. The van der Waals surface area contributed by atoms with Gasteiger partial charge in [-0.2, -0.15) is 0 Å². The lowest BCUT2D eigenvalue weighted by Gasteiger charge is -2.37. The summed E-state index contributed by atoms with van der Waals surface area (Å²) >= 11 is 0. The van der Waals surface area contributed by atoms with E-state index in [0.29, 0.717) is 12.6 Å². The lowest BCUT2D eigenvalue weighted by atomic mass is 10.1. The van der Waals surface area contributed by atoms with E-state index in [1.165, 1.54) is 5.56 Å². The van der Waals surface area contributed by atoms with Gasteiger partial charge in [0.2, 0.25) is 5.91 Å². The van der Waals surface area contributed by atoms with E-state index in [-0.39, 0.29) is 5.91 Å². The maximum absolute atomic E-state index is 12.4. The van der Waals surface area contributed by atoms with E-state index >= 15 is 0 Å². The molecule has 1 heterocycles.